The summed E-state index contributed by atoms with van der Waals surface area (Å²) < 4.78 is 5.73. The zero-order valence-electron chi connectivity index (χ0n) is 14.4. The van der Waals surface area contributed by atoms with Gasteiger partial charge in [-0.15, -0.1) is 0 Å². The summed E-state index contributed by atoms with van der Waals surface area (Å²) in [5.74, 6) is 1.07. The van der Waals surface area contributed by atoms with Crippen LogP contribution >= 0.6 is 11.6 Å². The molecule has 27 heavy (non-hydrogen) atoms. The second-order valence-electron chi connectivity index (χ2n) is 5.98. The third-order valence-corrected chi connectivity index (χ3v) is 4.35. The first kappa shape index (κ1) is 17.1. The highest BCUT2D eigenvalue weighted by Crippen LogP contribution is 2.24. The number of anilines is 1. The van der Waals surface area contributed by atoms with Crippen LogP contribution < -0.4 is 10.1 Å². The predicted molar refractivity (Wildman–Crippen MR) is 105 cm³/mol. The predicted octanol–water partition coefficient (Wildman–Crippen LogP) is 4.96. The van der Waals surface area contributed by atoms with Gasteiger partial charge in [0, 0.05) is 23.0 Å². The van der Waals surface area contributed by atoms with E-state index in [4.69, 9.17) is 16.3 Å². The van der Waals surface area contributed by atoms with Gasteiger partial charge in [0.1, 0.15) is 11.5 Å². The topological polar surface area (TPSA) is 79.9 Å². The molecule has 1 amide bonds. The molecule has 0 atom stereocenters. The highest BCUT2D eigenvalue weighted by atomic mass is 35.5. The van der Waals surface area contributed by atoms with Crippen LogP contribution in [-0.2, 0) is 0 Å². The van der Waals surface area contributed by atoms with Crippen molar-refractivity contribution in [2.45, 2.75) is 6.92 Å². The number of rotatable bonds is 4. The monoisotopic (exact) mass is 378 g/mol. The number of ether oxygens (including phenoxy) is 1. The molecule has 0 spiro atoms. The lowest BCUT2D eigenvalue weighted by atomic mass is 10.2. The number of nitrogens with zero attached hydrogens (tertiary/aromatic N) is 2. The molecule has 0 unspecified atom stereocenters. The summed E-state index contributed by atoms with van der Waals surface area (Å²) in [5.41, 5.74) is 2.91. The number of hydrogen-bond donors (Lipinski definition) is 2. The van der Waals surface area contributed by atoms with Crippen LogP contribution in [0.1, 0.15) is 16.2 Å². The summed E-state index contributed by atoms with van der Waals surface area (Å²) in [5, 5.41) is 3.43. The largest absolute Gasteiger partial charge is 0.456 e. The quantitative estimate of drug-likeness (QED) is 0.525. The molecule has 0 fully saturated rings. The van der Waals surface area contributed by atoms with Crippen LogP contribution in [0.4, 0.5) is 5.69 Å². The standard InChI is InChI=1S/C20H15ClN4O2/c1-12-8-17-18(10-16(12)21)25-19(24-17)20(26)23-13-4-2-5-14(9-13)27-15-6-3-7-22-11-15/h2-11H,1H3,(H,23,26)(H,24,25). The number of hydrogen-bond acceptors (Lipinski definition) is 4. The van der Waals surface area contributed by atoms with Gasteiger partial charge in [0.25, 0.3) is 5.91 Å². The van der Waals surface area contributed by atoms with E-state index in [1.807, 2.05) is 13.0 Å². The Balaban J connectivity index is 1.53. The minimum Gasteiger partial charge on any atom is -0.456 e. The summed E-state index contributed by atoms with van der Waals surface area (Å²) in [7, 11) is 0. The number of nitrogens with one attached hydrogen (secondary N) is 2. The number of carbonyl (C=O) groups excluding carboxylic acids is 1. The van der Waals surface area contributed by atoms with E-state index in [2.05, 4.69) is 20.3 Å². The van der Waals surface area contributed by atoms with Gasteiger partial charge < -0.3 is 15.0 Å². The number of pyridine rings is 1. The van der Waals surface area contributed by atoms with Crippen molar-refractivity contribution >= 4 is 34.2 Å². The molecule has 0 bridgehead atoms. The number of fused-ring (bicyclic) bond motifs is 1. The maximum atomic E-state index is 12.5. The Morgan fingerprint density at radius 3 is 2.81 bits per heavy atom. The lowest BCUT2D eigenvalue weighted by Crippen LogP contribution is -2.13. The molecule has 0 saturated heterocycles. The van der Waals surface area contributed by atoms with Crippen molar-refractivity contribution in [3.8, 4) is 11.5 Å². The van der Waals surface area contributed by atoms with Crippen LogP contribution in [0.2, 0.25) is 5.02 Å². The molecule has 0 aliphatic rings. The van der Waals surface area contributed by atoms with E-state index < -0.39 is 0 Å². The van der Waals surface area contributed by atoms with Gasteiger partial charge in [-0.1, -0.05) is 17.7 Å². The van der Waals surface area contributed by atoms with Gasteiger partial charge >= 0.3 is 0 Å². The van der Waals surface area contributed by atoms with Crippen molar-refractivity contribution in [2.24, 2.45) is 0 Å². The molecule has 2 heterocycles. The van der Waals surface area contributed by atoms with Crippen LogP contribution in [0.25, 0.3) is 11.0 Å². The van der Waals surface area contributed by atoms with E-state index >= 15 is 0 Å². The van der Waals surface area contributed by atoms with E-state index in [1.165, 1.54) is 0 Å². The number of halogens is 1. The average Bonchev–Trinajstić information content (AvgIpc) is 3.06. The average molecular weight is 379 g/mol. The molecule has 4 aromatic rings. The van der Waals surface area contributed by atoms with Crippen molar-refractivity contribution in [1.29, 1.82) is 0 Å². The van der Waals surface area contributed by atoms with Gasteiger partial charge in [0.15, 0.2) is 5.82 Å². The molecular weight excluding hydrogens is 364 g/mol. The Morgan fingerprint density at radius 1 is 1.15 bits per heavy atom. The molecule has 2 N–H and O–H groups in total. The number of carbonyl (C=O) groups is 1. The van der Waals surface area contributed by atoms with Crippen molar-refractivity contribution in [3.05, 3.63) is 77.3 Å². The lowest BCUT2D eigenvalue weighted by molar-refractivity contribution is 0.101. The number of amides is 1. The smallest absolute Gasteiger partial charge is 0.291 e. The molecular formula is C20H15ClN4O2. The van der Waals surface area contributed by atoms with Gasteiger partial charge in [0.05, 0.1) is 17.2 Å². The number of imidazole rings is 1. The van der Waals surface area contributed by atoms with E-state index in [9.17, 15) is 4.79 Å². The van der Waals surface area contributed by atoms with Gasteiger partial charge in [-0.3, -0.25) is 9.78 Å². The second-order valence-corrected chi connectivity index (χ2v) is 6.38. The molecule has 2 aromatic heterocycles. The normalized spacial score (nSPS) is 10.7. The first-order valence-corrected chi connectivity index (χ1v) is 8.61. The Morgan fingerprint density at radius 2 is 2.00 bits per heavy atom. The number of aryl methyl sites for hydroxylation is 1. The van der Waals surface area contributed by atoms with Gasteiger partial charge in [-0.2, -0.15) is 0 Å². The van der Waals surface area contributed by atoms with E-state index in [-0.39, 0.29) is 11.7 Å². The molecule has 2 aromatic carbocycles. The maximum absolute atomic E-state index is 12.5. The van der Waals surface area contributed by atoms with Crippen LogP contribution in [0.5, 0.6) is 11.5 Å². The van der Waals surface area contributed by atoms with Crippen LogP contribution in [0.3, 0.4) is 0 Å². The zero-order valence-corrected chi connectivity index (χ0v) is 15.1. The third-order valence-electron chi connectivity index (χ3n) is 3.94. The number of aromatic amines is 1. The first-order valence-electron chi connectivity index (χ1n) is 8.24. The molecule has 0 aliphatic heterocycles. The summed E-state index contributed by atoms with van der Waals surface area (Å²) in [6.07, 6.45) is 3.29. The number of benzene rings is 2. The molecule has 7 heteroatoms. The van der Waals surface area contributed by atoms with Crippen LogP contribution in [0.15, 0.2) is 60.9 Å². The fourth-order valence-electron chi connectivity index (χ4n) is 2.62. The third kappa shape index (κ3) is 3.75. The Kier molecular flexibility index (Phi) is 4.48. The Bertz CT molecular complexity index is 1090. The summed E-state index contributed by atoms with van der Waals surface area (Å²) >= 11 is 6.12. The Hall–Kier alpha value is -3.38. The maximum Gasteiger partial charge on any atom is 0.291 e. The van der Waals surface area contributed by atoms with E-state index in [0.717, 1.165) is 11.1 Å². The van der Waals surface area contributed by atoms with E-state index in [0.29, 0.717) is 27.7 Å². The number of aromatic nitrogens is 3. The highest BCUT2D eigenvalue weighted by molar-refractivity contribution is 6.32. The number of H-pyrrole nitrogens is 1. The minimum absolute atomic E-state index is 0.213. The minimum atomic E-state index is -0.349. The zero-order chi connectivity index (χ0) is 18.8. The van der Waals surface area contributed by atoms with Crippen molar-refractivity contribution in [2.75, 3.05) is 5.32 Å². The summed E-state index contributed by atoms with van der Waals surface area (Å²) in [6.45, 7) is 1.90. The van der Waals surface area contributed by atoms with Crippen LogP contribution in [0, 0.1) is 6.92 Å². The van der Waals surface area contributed by atoms with Gasteiger partial charge in [0.2, 0.25) is 0 Å². The molecule has 6 nitrogen and oxygen atoms in total. The van der Waals surface area contributed by atoms with Crippen molar-refractivity contribution in [1.82, 2.24) is 15.0 Å². The molecule has 0 saturated carbocycles. The van der Waals surface area contributed by atoms with Crippen molar-refractivity contribution < 1.29 is 9.53 Å². The fraction of sp³-hybridized carbons (Fsp3) is 0.0500. The van der Waals surface area contributed by atoms with Crippen LogP contribution in [-0.4, -0.2) is 20.9 Å². The van der Waals surface area contributed by atoms with E-state index in [1.54, 1.807) is 54.9 Å². The first-order chi connectivity index (χ1) is 13.1. The van der Waals surface area contributed by atoms with Gasteiger partial charge in [-0.05, 0) is 48.9 Å². The fourth-order valence-corrected chi connectivity index (χ4v) is 2.78. The molecule has 134 valence electrons. The van der Waals surface area contributed by atoms with Crippen molar-refractivity contribution in [3.63, 3.8) is 0 Å². The Labute approximate surface area is 160 Å². The molecule has 0 aliphatic carbocycles. The SMILES string of the molecule is Cc1cc2[nH]c(C(=O)Nc3cccc(Oc4cccnc4)c3)nc2cc1Cl. The molecule has 4 rings (SSSR count). The molecule has 0 radical (unpaired) electrons. The lowest BCUT2D eigenvalue weighted by Gasteiger charge is -2.08. The highest BCUT2D eigenvalue weighted by Gasteiger charge is 2.13. The summed E-state index contributed by atoms with van der Waals surface area (Å²) in [6, 6.07) is 14.3. The van der Waals surface area contributed by atoms with Gasteiger partial charge in [-0.25, -0.2) is 4.98 Å². The second kappa shape index (κ2) is 7.09. The summed E-state index contributed by atoms with van der Waals surface area (Å²) in [4.78, 5) is 23.9.